The first-order valence-electron chi connectivity index (χ1n) is 40.0. The van der Waals surface area contributed by atoms with Gasteiger partial charge in [-0.05, 0) is 117 Å². The number of carboxylic acids is 1. The Hall–Kier alpha value is -6.08. The number of rotatable bonds is 56. The van der Waals surface area contributed by atoms with Gasteiger partial charge in [-0.25, -0.2) is 19.2 Å². The molecule has 0 heterocycles. The maximum absolute atomic E-state index is 13.0. The Bertz CT molecular complexity index is 2960. The molecule has 0 aliphatic heterocycles. The van der Waals surface area contributed by atoms with Crippen LogP contribution in [0.4, 0.5) is 9.59 Å². The number of aliphatic carboxylic acids is 1. The van der Waals surface area contributed by atoms with Gasteiger partial charge in [0.2, 0.25) is 0 Å². The fourth-order valence-corrected chi connectivity index (χ4v) is 15.7. The number of fused-ring (bicyclic) bond motifs is 6. The Labute approximate surface area is 632 Å². The van der Waals surface area contributed by atoms with Crippen LogP contribution in [0.25, 0.3) is 22.3 Å². The normalized spacial score (nSPS) is 13.4. The first-order valence-corrected chi connectivity index (χ1v) is 42.3. The number of aliphatic hydroxyl groups is 2. The molecule has 4 atom stereocenters. The second kappa shape index (κ2) is 53.7. The number of ether oxygens (including phenoxy) is 5. The summed E-state index contributed by atoms with van der Waals surface area (Å²) in [5, 5.41) is 34.3. The lowest BCUT2D eigenvalue weighted by atomic mass is 9.98. The highest BCUT2D eigenvalue weighted by atomic mass is 32.2. The molecule has 0 aromatic heterocycles. The van der Waals surface area contributed by atoms with E-state index in [0.29, 0.717) is 43.8 Å². The number of thioether (sulfide) groups is 2. The predicted octanol–water partition coefficient (Wildman–Crippen LogP) is 20.6. The van der Waals surface area contributed by atoms with E-state index in [9.17, 15) is 39.0 Å². The lowest BCUT2D eigenvalue weighted by molar-refractivity contribution is -0.156. The van der Waals surface area contributed by atoms with Gasteiger partial charge in [-0.1, -0.05) is 278 Å². The maximum atomic E-state index is 13.0. The van der Waals surface area contributed by atoms with Gasteiger partial charge in [0.25, 0.3) is 0 Å². The number of nitrogens with one attached hydrogen (secondary N) is 2. The first-order chi connectivity index (χ1) is 50.5. The molecule has 580 valence electrons. The molecule has 4 aromatic rings. The van der Waals surface area contributed by atoms with E-state index in [2.05, 4.69) is 60.9 Å². The van der Waals surface area contributed by atoms with Crippen LogP contribution in [-0.2, 0) is 42.9 Å². The van der Waals surface area contributed by atoms with Crippen LogP contribution in [0.2, 0.25) is 0 Å². The molecule has 2 amide bonds. The summed E-state index contributed by atoms with van der Waals surface area (Å²) in [7, 11) is 0. The zero-order valence-corrected chi connectivity index (χ0v) is 65.6. The summed E-state index contributed by atoms with van der Waals surface area (Å²) in [6.07, 6.45) is 37.1. The minimum atomic E-state index is -1.17. The third-order valence-electron chi connectivity index (χ3n) is 19.3. The van der Waals surface area contributed by atoms with Gasteiger partial charge in [0, 0.05) is 54.3 Å². The molecule has 0 bridgehead atoms. The van der Waals surface area contributed by atoms with Crippen molar-refractivity contribution >= 4 is 59.6 Å². The lowest BCUT2D eigenvalue weighted by Crippen LogP contribution is -2.46. The van der Waals surface area contributed by atoms with Crippen molar-refractivity contribution in [2.24, 2.45) is 0 Å². The number of carbonyl (C=O) groups is 6. The molecule has 2 aliphatic carbocycles. The van der Waals surface area contributed by atoms with Crippen LogP contribution in [0.15, 0.2) is 97.1 Å². The second-order valence-electron chi connectivity index (χ2n) is 29.4. The van der Waals surface area contributed by atoms with Crippen molar-refractivity contribution in [3.63, 3.8) is 0 Å². The van der Waals surface area contributed by atoms with E-state index in [4.69, 9.17) is 28.8 Å². The van der Waals surface area contributed by atoms with Crippen LogP contribution in [0.1, 0.15) is 300 Å². The third-order valence-corrected chi connectivity index (χ3v) is 21.7. The van der Waals surface area contributed by atoms with Crippen molar-refractivity contribution in [2.45, 2.75) is 307 Å². The summed E-state index contributed by atoms with van der Waals surface area (Å²) in [5.41, 5.74) is 8.21. The summed E-state index contributed by atoms with van der Waals surface area (Å²) >= 11 is 2.73. The van der Waals surface area contributed by atoms with Crippen LogP contribution in [0.3, 0.4) is 0 Å². The van der Waals surface area contributed by atoms with Crippen molar-refractivity contribution < 1.29 is 67.8 Å². The lowest BCUT2D eigenvalue weighted by Gasteiger charge is -2.25. The van der Waals surface area contributed by atoms with E-state index in [-0.39, 0.29) is 61.2 Å². The fourth-order valence-electron chi connectivity index (χ4n) is 13.6. The minimum Gasteiger partial charge on any atom is -0.480 e. The SMILES string of the molecule is CC(C)(C)OC(=O)[C@H](CSC[C@H](O)CCCCCO)NC(=O)OCC1c2ccccc2-c2ccccc21.CCCCCCCCCCCCCCCC(=O)OCCCCC[C@H](CSC[C@H](NC(=O)OCC1c2ccccc2-c2ccccc21)C(=O)O)OC(=O)CCCCCCCCCCCCCCC. The van der Waals surface area contributed by atoms with E-state index >= 15 is 0 Å². The molecule has 0 fully saturated rings. The minimum absolute atomic E-state index is 0.0755. The molecule has 6 rings (SSSR count). The van der Waals surface area contributed by atoms with Gasteiger partial charge in [-0.2, -0.15) is 23.5 Å². The van der Waals surface area contributed by atoms with Crippen LogP contribution in [0, 0.1) is 0 Å². The first kappa shape index (κ1) is 88.5. The Morgan fingerprint density at radius 1 is 0.433 bits per heavy atom. The molecule has 0 saturated carbocycles. The zero-order valence-electron chi connectivity index (χ0n) is 64.0. The molecule has 5 N–H and O–H groups in total. The highest BCUT2D eigenvalue weighted by molar-refractivity contribution is 7.99. The van der Waals surface area contributed by atoms with E-state index in [1.54, 1.807) is 20.8 Å². The van der Waals surface area contributed by atoms with Crippen molar-refractivity contribution in [2.75, 3.05) is 49.4 Å². The summed E-state index contributed by atoms with van der Waals surface area (Å²) in [4.78, 5) is 76.2. The van der Waals surface area contributed by atoms with Gasteiger partial charge in [0.1, 0.15) is 37.0 Å². The summed E-state index contributed by atoms with van der Waals surface area (Å²) in [6.45, 7) is 10.6. The number of hydrogen-bond donors (Lipinski definition) is 5. The number of benzene rings is 4. The average molecular weight is 1480 g/mol. The fraction of sp³-hybridized carbons (Fsp3) is 0.651. The molecule has 16 nitrogen and oxygen atoms in total. The number of unbranched alkanes of at least 4 members (excludes halogenated alkanes) is 28. The molecule has 4 aromatic carbocycles. The van der Waals surface area contributed by atoms with Crippen molar-refractivity contribution in [3.8, 4) is 22.3 Å². The maximum Gasteiger partial charge on any atom is 0.407 e. The van der Waals surface area contributed by atoms with Gasteiger partial charge in [0.05, 0.1) is 12.7 Å². The number of hydrogen-bond acceptors (Lipinski definition) is 15. The number of aliphatic hydroxyl groups excluding tert-OH is 2. The molecular weight excluding hydrogens is 1350 g/mol. The zero-order chi connectivity index (χ0) is 74.8. The van der Waals surface area contributed by atoms with E-state index in [1.807, 2.05) is 60.7 Å². The highest BCUT2D eigenvalue weighted by Gasteiger charge is 2.33. The molecule has 0 spiro atoms. The van der Waals surface area contributed by atoms with Crippen molar-refractivity contribution in [1.29, 1.82) is 0 Å². The topological polar surface area (TPSA) is 233 Å². The van der Waals surface area contributed by atoms with Crippen LogP contribution in [-0.4, -0.2) is 131 Å². The van der Waals surface area contributed by atoms with Gasteiger partial charge in [-0.3, -0.25) is 9.59 Å². The number of amides is 2. The largest absolute Gasteiger partial charge is 0.480 e. The van der Waals surface area contributed by atoms with Crippen LogP contribution in [0.5, 0.6) is 0 Å². The van der Waals surface area contributed by atoms with Gasteiger partial charge < -0.3 is 49.6 Å². The molecule has 2 aliphatic rings. The summed E-state index contributed by atoms with van der Waals surface area (Å²) in [6, 6.07) is 30.3. The van der Waals surface area contributed by atoms with E-state index in [1.165, 1.54) is 158 Å². The summed E-state index contributed by atoms with van der Waals surface area (Å²) in [5.74, 6) is -1.04. The van der Waals surface area contributed by atoms with Crippen LogP contribution < -0.4 is 10.6 Å². The summed E-state index contributed by atoms with van der Waals surface area (Å²) < 4.78 is 28.3. The molecule has 0 radical (unpaired) electrons. The quantitative estimate of drug-likeness (QED) is 0.0157. The molecular formula is C86H130N2O14S2. The number of esters is 3. The van der Waals surface area contributed by atoms with Gasteiger partial charge >= 0.3 is 36.1 Å². The highest BCUT2D eigenvalue weighted by Crippen LogP contribution is 2.46. The standard InChI is InChI=1S/C57H91NO8S.C29H39NO6S/c1-3-5-7-9-11-13-15-17-19-21-23-25-29-41-54(59)64-43-35-27-28-36-47(66-55(60)42-30-26-24-22-20-18-16-14-12-10-8-6-4-2)45-67-46-53(56(61)62)58-57(63)65-44-52-50-39-33-31-37-48(50)49-38-32-34-40-51(49)52;1-29(2,3)36-27(33)26(19-37-18-20(32)11-5-4-10-16-31)30-28(34)35-17-25-23-14-8-6-12-21(23)22-13-7-9-15-24(22)25/h31-34,37-40,47,52-53H,3-30,35-36,41-46H2,1-2H3,(H,58,63)(H,61,62);6-9,12-15,20,25-26,31-32H,4-5,10-11,16-19H2,1-3H3,(H,30,34)/t47-,53+;20-,26+/m11/s1. The Kier molecular flexibility index (Phi) is 45.7. The Morgan fingerprint density at radius 3 is 1.22 bits per heavy atom. The van der Waals surface area contributed by atoms with Gasteiger partial charge in [-0.15, -0.1) is 0 Å². The van der Waals surface area contributed by atoms with Crippen molar-refractivity contribution in [3.05, 3.63) is 119 Å². The number of carboxylic acid groups (broad SMARTS) is 1. The monoisotopic (exact) mass is 1480 g/mol. The third kappa shape index (κ3) is 36.5. The van der Waals surface area contributed by atoms with Crippen molar-refractivity contribution in [1.82, 2.24) is 10.6 Å². The number of carbonyl (C=O) groups excluding carboxylic acids is 5. The Morgan fingerprint density at radius 2 is 0.798 bits per heavy atom. The van der Waals surface area contributed by atoms with E-state index in [0.717, 1.165) is 115 Å². The van der Waals surface area contributed by atoms with E-state index < -0.39 is 47.9 Å². The van der Waals surface area contributed by atoms with Gasteiger partial charge in [0.15, 0.2) is 0 Å². The molecule has 18 heteroatoms. The molecule has 0 saturated heterocycles. The average Bonchev–Trinajstić information content (AvgIpc) is 1.63. The second-order valence-corrected chi connectivity index (χ2v) is 31.5. The Balaban J connectivity index is 0.000000440. The van der Waals surface area contributed by atoms with Crippen LogP contribution >= 0.6 is 23.5 Å². The molecule has 0 unspecified atom stereocenters. The number of alkyl carbamates (subject to hydrolysis) is 2. The molecule has 104 heavy (non-hydrogen) atoms. The predicted molar refractivity (Wildman–Crippen MR) is 424 cm³/mol. The smallest absolute Gasteiger partial charge is 0.407 e.